The van der Waals surface area contributed by atoms with Crippen molar-refractivity contribution in [3.63, 3.8) is 0 Å². The SMILES string of the molecule is CCN(CC)C(=CC1=CCCN1CS(=O)(=O)O)c1ccccc1. The molecule has 1 aliphatic heterocycles. The number of rotatable bonds is 7. The van der Waals surface area contributed by atoms with Gasteiger partial charge in [-0.15, -0.1) is 0 Å². The van der Waals surface area contributed by atoms with E-state index in [4.69, 9.17) is 4.55 Å². The van der Waals surface area contributed by atoms with Crippen LogP contribution in [-0.4, -0.2) is 48.3 Å². The van der Waals surface area contributed by atoms with E-state index in [9.17, 15) is 8.42 Å². The zero-order valence-corrected chi connectivity index (χ0v) is 14.5. The zero-order valence-electron chi connectivity index (χ0n) is 13.6. The van der Waals surface area contributed by atoms with Crippen LogP contribution in [-0.2, 0) is 10.1 Å². The molecular formula is C17H24N2O3S. The highest BCUT2D eigenvalue weighted by atomic mass is 32.2. The summed E-state index contributed by atoms with van der Waals surface area (Å²) in [5.74, 6) is -0.365. The van der Waals surface area contributed by atoms with E-state index in [1.807, 2.05) is 42.5 Å². The lowest BCUT2D eigenvalue weighted by molar-refractivity contribution is 0.400. The minimum absolute atomic E-state index is 0.365. The van der Waals surface area contributed by atoms with Crippen molar-refractivity contribution in [2.24, 2.45) is 0 Å². The first-order valence-corrected chi connectivity index (χ1v) is 9.48. The maximum absolute atomic E-state index is 11.2. The molecule has 6 heteroatoms. The van der Waals surface area contributed by atoms with Crippen LogP contribution in [0.3, 0.4) is 0 Å². The molecule has 1 aromatic rings. The van der Waals surface area contributed by atoms with Gasteiger partial charge in [0.05, 0.1) is 0 Å². The predicted molar refractivity (Wildman–Crippen MR) is 93.2 cm³/mol. The molecule has 5 nitrogen and oxygen atoms in total. The normalized spacial score (nSPS) is 15.7. The number of hydrogen-bond acceptors (Lipinski definition) is 4. The van der Waals surface area contributed by atoms with Crippen LogP contribution in [0.4, 0.5) is 0 Å². The van der Waals surface area contributed by atoms with Crippen LogP contribution < -0.4 is 0 Å². The van der Waals surface area contributed by atoms with E-state index in [1.54, 1.807) is 4.90 Å². The fourth-order valence-electron chi connectivity index (χ4n) is 2.78. The van der Waals surface area contributed by atoms with E-state index >= 15 is 0 Å². The quantitative estimate of drug-likeness (QED) is 0.776. The molecule has 1 aliphatic rings. The Hall–Kier alpha value is -1.79. The topological polar surface area (TPSA) is 60.9 Å². The van der Waals surface area contributed by atoms with Gasteiger partial charge in [0, 0.05) is 31.0 Å². The van der Waals surface area contributed by atoms with Crippen molar-refractivity contribution in [3.05, 3.63) is 53.7 Å². The lowest BCUT2D eigenvalue weighted by Gasteiger charge is -2.27. The molecule has 126 valence electrons. The van der Waals surface area contributed by atoms with E-state index in [1.165, 1.54) is 0 Å². The Balaban J connectivity index is 2.36. The summed E-state index contributed by atoms with van der Waals surface area (Å²) in [6.07, 6.45) is 4.81. The van der Waals surface area contributed by atoms with E-state index in [0.717, 1.165) is 36.5 Å². The molecule has 0 bridgehead atoms. The summed E-state index contributed by atoms with van der Waals surface area (Å²) in [7, 11) is -4.03. The summed E-state index contributed by atoms with van der Waals surface area (Å²) in [6.45, 7) is 6.52. The van der Waals surface area contributed by atoms with Gasteiger partial charge in [-0.05, 0) is 31.9 Å². The zero-order chi connectivity index (χ0) is 16.9. The highest BCUT2D eigenvalue weighted by Gasteiger charge is 2.20. The summed E-state index contributed by atoms with van der Waals surface area (Å²) in [4.78, 5) is 3.93. The molecule has 1 aromatic carbocycles. The molecular weight excluding hydrogens is 312 g/mol. The van der Waals surface area contributed by atoms with Gasteiger partial charge >= 0.3 is 0 Å². The van der Waals surface area contributed by atoms with Gasteiger partial charge in [0.1, 0.15) is 5.88 Å². The maximum Gasteiger partial charge on any atom is 0.283 e. The summed E-state index contributed by atoms with van der Waals surface area (Å²) in [6, 6.07) is 10.1. The number of allylic oxidation sites excluding steroid dienone is 1. The first-order valence-electron chi connectivity index (χ1n) is 7.87. The standard InChI is InChI=1S/C17H24N2O3S/c1-3-18(4-2)17(15-9-6-5-7-10-15)13-16-11-8-12-19(16)14-23(20,21)22/h5-7,9-11,13H,3-4,8,12,14H2,1-2H3,(H,20,21,22). The van der Waals surface area contributed by atoms with Crippen LogP contribution in [0.15, 0.2) is 48.2 Å². The maximum atomic E-state index is 11.2. The second-order valence-corrected chi connectivity index (χ2v) is 6.88. The molecule has 0 aromatic heterocycles. The predicted octanol–water partition coefficient (Wildman–Crippen LogP) is 2.80. The fraction of sp³-hybridized carbons (Fsp3) is 0.412. The van der Waals surface area contributed by atoms with Crippen LogP contribution in [0.2, 0.25) is 0 Å². The van der Waals surface area contributed by atoms with E-state index in [2.05, 4.69) is 18.7 Å². The lowest BCUT2D eigenvalue weighted by atomic mass is 10.1. The van der Waals surface area contributed by atoms with Crippen LogP contribution in [0.5, 0.6) is 0 Å². The van der Waals surface area contributed by atoms with Gasteiger partial charge < -0.3 is 9.80 Å². The van der Waals surface area contributed by atoms with Crippen molar-refractivity contribution in [2.45, 2.75) is 20.3 Å². The summed E-state index contributed by atoms with van der Waals surface area (Å²) < 4.78 is 31.5. The van der Waals surface area contributed by atoms with Crippen molar-refractivity contribution >= 4 is 15.8 Å². The third-order valence-corrected chi connectivity index (χ3v) is 4.53. The second-order valence-electron chi connectivity index (χ2n) is 5.46. The first kappa shape index (κ1) is 17.6. The highest BCUT2D eigenvalue weighted by molar-refractivity contribution is 7.85. The molecule has 0 radical (unpaired) electrons. The largest absolute Gasteiger partial charge is 0.372 e. The molecule has 0 atom stereocenters. The Morgan fingerprint density at radius 2 is 1.91 bits per heavy atom. The molecule has 0 unspecified atom stereocenters. The Bertz CT molecular complexity index is 677. The summed E-state index contributed by atoms with van der Waals surface area (Å²) >= 11 is 0. The Morgan fingerprint density at radius 1 is 1.26 bits per heavy atom. The average molecular weight is 336 g/mol. The van der Waals surface area contributed by atoms with E-state index < -0.39 is 10.1 Å². The van der Waals surface area contributed by atoms with Crippen molar-refractivity contribution < 1.29 is 13.0 Å². The van der Waals surface area contributed by atoms with Crippen molar-refractivity contribution in [2.75, 3.05) is 25.5 Å². The monoisotopic (exact) mass is 336 g/mol. The Labute approximate surface area is 138 Å². The highest BCUT2D eigenvalue weighted by Crippen LogP contribution is 2.25. The third kappa shape index (κ3) is 4.84. The summed E-state index contributed by atoms with van der Waals surface area (Å²) in [5.41, 5.74) is 2.99. The Morgan fingerprint density at radius 3 is 2.48 bits per heavy atom. The molecule has 0 aliphatic carbocycles. The first-order chi connectivity index (χ1) is 10.9. The molecule has 1 N–H and O–H groups in total. The fourth-order valence-corrected chi connectivity index (χ4v) is 3.46. The van der Waals surface area contributed by atoms with Gasteiger partial charge in [-0.3, -0.25) is 4.55 Å². The van der Waals surface area contributed by atoms with E-state index in [0.29, 0.717) is 6.54 Å². The van der Waals surface area contributed by atoms with E-state index in [-0.39, 0.29) is 5.88 Å². The molecule has 0 spiro atoms. The minimum Gasteiger partial charge on any atom is -0.372 e. The molecule has 1 heterocycles. The van der Waals surface area contributed by atoms with Gasteiger partial charge in [-0.1, -0.05) is 36.4 Å². The van der Waals surface area contributed by atoms with Crippen LogP contribution in [0, 0.1) is 0 Å². The van der Waals surface area contributed by atoms with Gasteiger partial charge in [-0.25, -0.2) is 0 Å². The molecule has 23 heavy (non-hydrogen) atoms. The molecule has 2 rings (SSSR count). The van der Waals surface area contributed by atoms with Crippen molar-refractivity contribution in [1.29, 1.82) is 0 Å². The molecule has 0 fully saturated rings. The van der Waals surface area contributed by atoms with Gasteiger partial charge in [0.25, 0.3) is 10.1 Å². The molecule has 0 amide bonds. The van der Waals surface area contributed by atoms with Crippen LogP contribution >= 0.6 is 0 Å². The number of nitrogens with zero attached hydrogens (tertiary/aromatic N) is 2. The molecule has 0 saturated heterocycles. The van der Waals surface area contributed by atoms with Crippen molar-refractivity contribution in [1.82, 2.24) is 9.80 Å². The number of hydrogen-bond donors (Lipinski definition) is 1. The van der Waals surface area contributed by atoms with Crippen LogP contribution in [0.25, 0.3) is 5.70 Å². The molecule has 0 saturated carbocycles. The summed E-state index contributed by atoms with van der Waals surface area (Å²) in [5, 5.41) is 0. The minimum atomic E-state index is -4.03. The smallest absolute Gasteiger partial charge is 0.283 e. The number of benzene rings is 1. The van der Waals surface area contributed by atoms with Gasteiger partial charge in [-0.2, -0.15) is 8.42 Å². The van der Waals surface area contributed by atoms with Crippen molar-refractivity contribution in [3.8, 4) is 0 Å². The average Bonchev–Trinajstić information content (AvgIpc) is 2.93. The Kier molecular flexibility index (Phi) is 5.85. The third-order valence-electron chi connectivity index (χ3n) is 3.89. The lowest BCUT2D eigenvalue weighted by Crippen LogP contribution is -2.27. The van der Waals surface area contributed by atoms with Gasteiger partial charge in [0.2, 0.25) is 0 Å². The van der Waals surface area contributed by atoms with Crippen LogP contribution in [0.1, 0.15) is 25.8 Å². The van der Waals surface area contributed by atoms with Gasteiger partial charge in [0.15, 0.2) is 0 Å². The second kappa shape index (κ2) is 7.66.